The van der Waals surface area contributed by atoms with Crippen molar-refractivity contribution in [1.29, 1.82) is 0 Å². The van der Waals surface area contributed by atoms with Crippen LogP contribution >= 0.6 is 12.4 Å². The molecule has 0 aliphatic carbocycles. The third-order valence-corrected chi connectivity index (χ3v) is 5.48. The van der Waals surface area contributed by atoms with Gasteiger partial charge in [-0.3, -0.25) is 4.79 Å². The van der Waals surface area contributed by atoms with E-state index in [4.69, 9.17) is 0 Å². The molecule has 1 amide bonds. The Labute approximate surface area is 158 Å². The number of amides is 1. The molecule has 0 bridgehead atoms. The fourth-order valence-corrected chi connectivity index (χ4v) is 3.96. The molecule has 0 spiro atoms. The van der Waals surface area contributed by atoms with Crippen molar-refractivity contribution < 1.29 is 18.0 Å². The van der Waals surface area contributed by atoms with Crippen LogP contribution < -0.4 is 5.32 Å². The van der Waals surface area contributed by atoms with Gasteiger partial charge < -0.3 is 10.2 Å². The van der Waals surface area contributed by atoms with E-state index in [0.29, 0.717) is 24.4 Å². The van der Waals surface area contributed by atoms with Gasteiger partial charge in [0.25, 0.3) is 5.91 Å². The zero-order valence-corrected chi connectivity index (χ0v) is 15.8. The Kier molecular flexibility index (Phi) is 6.97. The lowest BCUT2D eigenvalue weighted by molar-refractivity contribution is -0.184. The lowest BCUT2D eigenvalue weighted by Crippen LogP contribution is -2.44. The monoisotopic (exact) mass is 390 g/mol. The number of benzene rings is 1. The van der Waals surface area contributed by atoms with Crippen molar-refractivity contribution in [2.45, 2.75) is 44.7 Å². The highest BCUT2D eigenvalue weighted by Gasteiger charge is 2.42. The van der Waals surface area contributed by atoms with Crippen molar-refractivity contribution in [1.82, 2.24) is 10.2 Å². The number of rotatable bonds is 2. The van der Waals surface area contributed by atoms with Gasteiger partial charge in [-0.1, -0.05) is 6.07 Å². The Morgan fingerprint density at radius 2 is 1.88 bits per heavy atom. The van der Waals surface area contributed by atoms with Crippen molar-refractivity contribution in [3.05, 3.63) is 34.9 Å². The lowest BCUT2D eigenvalue weighted by Gasteiger charge is -2.34. The molecule has 0 aromatic heterocycles. The standard InChI is InChI=1S/C19H25F3N2O.ClH/c1-13-4-5-15(11-17(13)14-6-8-23-9-7-14)18(25)24-10-2-3-16(12-24)19(20,21)22;/h4-5,11,14,16,23H,2-3,6-10,12H2,1H3;1H. The Hall–Kier alpha value is -1.27. The molecule has 2 saturated heterocycles. The van der Waals surface area contributed by atoms with E-state index in [1.54, 1.807) is 6.07 Å². The molecule has 2 fully saturated rings. The number of likely N-dealkylation sites (tertiary alicyclic amines) is 1. The maximum atomic E-state index is 13.0. The van der Waals surface area contributed by atoms with Crippen LogP contribution in [0, 0.1) is 12.8 Å². The average molecular weight is 391 g/mol. The molecule has 1 N–H and O–H groups in total. The summed E-state index contributed by atoms with van der Waals surface area (Å²) in [5.41, 5.74) is 2.83. The van der Waals surface area contributed by atoms with Gasteiger partial charge in [0.2, 0.25) is 0 Å². The van der Waals surface area contributed by atoms with E-state index in [9.17, 15) is 18.0 Å². The second-order valence-corrected chi connectivity index (χ2v) is 7.23. The van der Waals surface area contributed by atoms with Crippen LogP contribution in [0.4, 0.5) is 13.2 Å². The number of nitrogens with zero attached hydrogens (tertiary/aromatic N) is 1. The first kappa shape index (κ1) is 21.0. The summed E-state index contributed by atoms with van der Waals surface area (Å²) in [7, 11) is 0. The first-order valence-corrected chi connectivity index (χ1v) is 9.03. The predicted octanol–water partition coefficient (Wildman–Crippen LogP) is 4.30. The molecule has 146 valence electrons. The summed E-state index contributed by atoms with van der Waals surface area (Å²) in [5, 5.41) is 3.33. The van der Waals surface area contributed by atoms with Crippen molar-refractivity contribution in [3.8, 4) is 0 Å². The third-order valence-electron chi connectivity index (χ3n) is 5.48. The number of aryl methyl sites for hydroxylation is 1. The van der Waals surface area contributed by atoms with Crippen molar-refractivity contribution in [2.75, 3.05) is 26.2 Å². The molecule has 1 aromatic carbocycles. The van der Waals surface area contributed by atoms with Crippen LogP contribution in [0.15, 0.2) is 18.2 Å². The summed E-state index contributed by atoms with van der Waals surface area (Å²) in [6.45, 7) is 4.14. The van der Waals surface area contributed by atoms with Crippen molar-refractivity contribution in [3.63, 3.8) is 0 Å². The average Bonchev–Trinajstić information content (AvgIpc) is 2.62. The maximum Gasteiger partial charge on any atom is 0.393 e. The van der Waals surface area contributed by atoms with E-state index in [1.165, 1.54) is 4.90 Å². The number of alkyl halides is 3. The van der Waals surface area contributed by atoms with Crippen LogP contribution in [0.1, 0.15) is 53.1 Å². The van der Waals surface area contributed by atoms with Gasteiger partial charge in [0.05, 0.1) is 5.92 Å². The summed E-state index contributed by atoms with van der Waals surface area (Å²) in [4.78, 5) is 14.1. The Morgan fingerprint density at radius 3 is 2.54 bits per heavy atom. The number of hydrogen-bond acceptors (Lipinski definition) is 2. The molecule has 2 aliphatic rings. The van der Waals surface area contributed by atoms with Gasteiger partial charge >= 0.3 is 6.18 Å². The van der Waals surface area contributed by atoms with Gasteiger partial charge in [0.1, 0.15) is 0 Å². The largest absolute Gasteiger partial charge is 0.393 e. The van der Waals surface area contributed by atoms with E-state index in [1.807, 2.05) is 19.1 Å². The Bertz CT molecular complexity index is 630. The molecule has 2 heterocycles. The first-order chi connectivity index (χ1) is 11.9. The van der Waals surface area contributed by atoms with Gasteiger partial charge in [-0.05, 0) is 74.9 Å². The molecule has 26 heavy (non-hydrogen) atoms. The molecule has 0 saturated carbocycles. The molecule has 0 radical (unpaired) electrons. The van der Waals surface area contributed by atoms with E-state index < -0.39 is 12.1 Å². The number of carbonyl (C=O) groups is 1. The minimum absolute atomic E-state index is 0. The highest BCUT2D eigenvalue weighted by Crippen LogP contribution is 2.34. The number of carbonyl (C=O) groups excluding carboxylic acids is 1. The maximum absolute atomic E-state index is 13.0. The molecular weight excluding hydrogens is 365 g/mol. The fraction of sp³-hybridized carbons (Fsp3) is 0.632. The number of hydrogen-bond donors (Lipinski definition) is 1. The van der Waals surface area contributed by atoms with E-state index in [2.05, 4.69) is 5.32 Å². The van der Waals surface area contributed by atoms with Crippen LogP contribution in [0.2, 0.25) is 0 Å². The van der Waals surface area contributed by atoms with Crippen LogP contribution in [-0.4, -0.2) is 43.2 Å². The minimum Gasteiger partial charge on any atom is -0.338 e. The second kappa shape index (κ2) is 8.61. The summed E-state index contributed by atoms with van der Waals surface area (Å²) >= 11 is 0. The highest BCUT2D eigenvalue weighted by molar-refractivity contribution is 5.94. The molecule has 3 rings (SSSR count). The minimum atomic E-state index is -4.23. The third kappa shape index (κ3) is 4.71. The van der Waals surface area contributed by atoms with Gasteiger partial charge in [-0.15, -0.1) is 12.4 Å². The molecule has 1 atom stereocenters. The summed E-state index contributed by atoms with van der Waals surface area (Å²) in [6, 6.07) is 5.58. The molecule has 7 heteroatoms. The van der Waals surface area contributed by atoms with Crippen molar-refractivity contribution >= 4 is 18.3 Å². The van der Waals surface area contributed by atoms with E-state index >= 15 is 0 Å². The summed E-state index contributed by atoms with van der Waals surface area (Å²) < 4.78 is 39.0. The van der Waals surface area contributed by atoms with Gasteiger partial charge in [0, 0.05) is 18.7 Å². The zero-order valence-electron chi connectivity index (χ0n) is 14.9. The smallest absolute Gasteiger partial charge is 0.338 e. The fourth-order valence-electron chi connectivity index (χ4n) is 3.96. The van der Waals surface area contributed by atoms with Crippen LogP contribution in [-0.2, 0) is 0 Å². The van der Waals surface area contributed by atoms with Crippen LogP contribution in [0.3, 0.4) is 0 Å². The molecular formula is C19H26ClF3N2O. The molecule has 1 aromatic rings. The predicted molar refractivity (Wildman–Crippen MR) is 98.0 cm³/mol. The van der Waals surface area contributed by atoms with Gasteiger partial charge in [-0.2, -0.15) is 13.2 Å². The second-order valence-electron chi connectivity index (χ2n) is 7.23. The van der Waals surface area contributed by atoms with Crippen LogP contribution in [0.5, 0.6) is 0 Å². The topological polar surface area (TPSA) is 32.3 Å². The molecule has 3 nitrogen and oxygen atoms in total. The lowest BCUT2D eigenvalue weighted by atomic mass is 9.86. The van der Waals surface area contributed by atoms with Gasteiger partial charge in [0.15, 0.2) is 0 Å². The number of piperidine rings is 2. The quantitative estimate of drug-likeness (QED) is 0.816. The summed E-state index contributed by atoms with van der Waals surface area (Å²) in [6.07, 6.45) is -1.66. The number of nitrogens with one attached hydrogen (secondary N) is 1. The Balaban J connectivity index is 0.00000243. The SMILES string of the molecule is Cc1ccc(C(=O)N2CCCC(C(F)(F)F)C2)cc1C1CCNCC1.Cl. The summed E-state index contributed by atoms with van der Waals surface area (Å²) in [5.74, 6) is -1.26. The number of halogens is 4. The molecule has 2 aliphatic heterocycles. The normalized spacial score (nSPS) is 22.0. The Morgan fingerprint density at radius 1 is 1.19 bits per heavy atom. The van der Waals surface area contributed by atoms with E-state index in [0.717, 1.165) is 37.1 Å². The highest BCUT2D eigenvalue weighted by atomic mass is 35.5. The van der Waals surface area contributed by atoms with E-state index in [-0.39, 0.29) is 31.3 Å². The van der Waals surface area contributed by atoms with Gasteiger partial charge in [-0.25, -0.2) is 0 Å². The molecule has 1 unspecified atom stereocenters. The first-order valence-electron chi connectivity index (χ1n) is 9.03. The van der Waals surface area contributed by atoms with Crippen molar-refractivity contribution in [2.24, 2.45) is 5.92 Å². The van der Waals surface area contributed by atoms with Crippen LogP contribution in [0.25, 0.3) is 0 Å². The zero-order chi connectivity index (χ0) is 18.0.